The molecule has 0 radical (unpaired) electrons. The van der Waals surface area contributed by atoms with Crippen LogP contribution in [0.15, 0.2) is 12.4 Å². The molecule has 0 bridgehead atoms. The molecule has 1 amide bonds. The minimum absolute atomic E-state index is 0.214. The SMILES string of the molecule is CCn1cc(C(=O)Nc2sc3c(c2C(=O)OC)CC[C@H](C(C)(C)C)C3)cn1. The van der Waals surface area contributed by atoms with Crippen LogP contribution >= 0.6 is 11.3 Å². The van der Waals surface area contributed by atoms with Crippen molar-refractivity contribution < 1.29 is 14.3 Å². The fourth-order valence-electron chi connectivity index (χ4n) is 3.56. The summed E-state index contributed by atoms with van der Waals surface area (Å²) in [6.07, 6.45) is 6.04. The molecule has 1 N–H and O–H groups in total. The predicted octanol–water partition coefficient (Wildman–Crippen LogP) is 4.15. The van der Waals surface area contributed by atoms with E-state index in [0.29, 0.717) is 28.6 Å². The van der Waals surface area contributed by atoms with Gasteiger partial charge >= 0.3 is 5.97 Å². The van der Waals surface area contributed by atoms with Crippen molar-refractivity contribution in [2.24, 2.45) is 11.3 Å². The van der Waals surface area contributed by atoms with Crippen LogP contribution in [0.3, 0.4) is 0 Å². The Hall–Kier alpha value is -2.15. The van der Waals surface area contributed by atoms with Crippen LogP contribution < -0.4 is 5.32 Å². The monoisotopic (exact) mass is 389 g/mol. The molecule has 2 heterocycles. The highest BCUT2D eigenvalue weighted by molar-refractivity contribution is 7.17. The summed E-state index contributed by atoms with van der Waals surface area (Å²) in [7, 11) is 1.38. The Morgan fingerprint density at radius 2 is 2.15 bits per heavy atom. The topological polar surface area (TPSA) is 73.2 Å². The summed E-state index contributed by atoms with van der Waals surface area (Å²) in [5.41, 5.74) is 2.24. The van der Waals surface area contributed by atoms with E-state index in [2.05, 4.69) is 31.2 Å². The van der Waals surface area contributed by atoms with Crippen LogP contribution in [0, 0.1) is 11.3 Å². The number of nitrogens with zero attached hydrogens (tertiary/aromatic N) is 2. The van der Waals surface area contributed by atoms with E-state index in [0.717, 1.165) is 24.8 Å². The van der Waals surface area contributed by atoms with Crippen molar-refractivity contribution in [3.8, 4) is 0 Å². The minimum Gasteiger partial charge on any atom is -0.465 e. The number of aryl methyl sites for hydroxylation is 1. The van der Waals surface area contributed by atoms with Gasteiger partial charge in [-0.3, -0.25) is 9.48 Å². The number of fused-ring (bicyclic) bond motifs is 1. The molecule has 6 nitrogen and oxygen atoms in total. The number of rotatable bonds is 4. The molecule has 7 heteroatoms. The quantitative estimate of drug-likeness (QED) is 0.797. The molecule has 1 aliphatic rings. The van der Waals surface area contributed by atoms with E-state index in [-0.39, 0.29) is 17.3 Å². The van der Waals surface area contributed by atoms with E-state index >= 15 is 0 Å². The average molecular weight is 390 g/mol. The molecule has 27 heavy (non-hydrogen) atoms. The van der Waals surface area contributed by atoms with Gasteiger partial charge in [0.05, 0.1) is 24.4 Å². The predicted molar refractivity (Wildman–Crippen MR) is 106 cm³/mol. The Morgan fingerprint density at radius 1 is 1.41 bits per heavy atom. The van der Waals surface area contributed by atoms with Crippen LogP contribution in [0.5, 0.6) is 0 Å². The van der Waals surface area contributed by atoms with Crippen molar-refractivity contribution in [3.05, 3.63) is 34.0 Å². The summed E-state index contributed by atoms with van der Waals surface area (Å²) in [5, 5.41) is 7.64. The Kier molecular flexibility index (Phi) is 5.42. The summed E-state index contributed by atoms with van der Waals surface area (Å²) in [4.78, 5) is 26.2. The number of carbonyl (C=O) groups is 2. The van der Waals surface area contributed by atoms with Gasteiger partial charge in [-0.2, -0.15) is 5.10 Å². The van der Waals surface area contributed by atoms with Crippen molar-refractivity contribution >= 4 is 28.2 Å². The number of ether oxygens (including phenoxy) is 1. The molecule has 1 aliphatic carbocycles. The lowest BCUT2D eigenvalue weighted by Crippen LogP contribution is -2.26. The highest BCUT2D eigenvalue weighted by Gasteiger charge is 2.34. The Balaban J connectivity index is 1.92. The molecule has 2 aromatic rings. The molecule has 0 aliphatic heterocycles. The fraction of sp³-hybridized carbons (Fsp3) is 0.550. The maximum absolute atomic E-state index is 12.6. The van der Waals surface area contributed by atoms with Gasteiger partial charge in [-0.05, 0) is 43.1 Å². The zero-order chi connectivity index (χ0) is 19.8. The molecule has 0 saturated carbocycles. The summed E-state index contributed by atoms with van der Waals surface area (Å²) >= 11 is 1.50. The third-order valence-electron chi connectivity index (χ3n) is 5.33. The number of aromatic nitrogens is 2. The lowest BCUT2D eigenvalue weighted by Gasteiger charge is -2.33. The van der Waals surface area contributed by atoms with Crippen LogP contribution in [0.4, 0.5) is 5.00 Å². The molecule has 0 spiro atoms. The molecule has 0 unspecified atom stereocenters. The standard InChI is InChI=1S/C20H27N3O3S/c1-6-23-11-12(10-21-23)17(24)22-18-16(19(25)26-5)14-8-7-13(20(2,3)4)9-15(14)27-18/h10-11,13H,6-9H2,1-5H3,(H,22,24)/t13-/m0/s1. The summed E-state index contributed by atoms with van der Waals surface area (Å²) in [6, 6.07) is 0. The number of nitrogens with one attached hydrogen (secondary N) is 1. The number of anilines is 1. The average Bonchev–Trinajstić information content (AvgIpc) is 3.23. The molecule has 0 saturated heterocycles. The lowest BCUT2D eigenvalue weighted by molar-refractivity contribution is 0.0600. The van der Waals surface area contributed by atoms with Crippen molar-refractivity contribution in [3.63, 3.8) is 0 Å². The molecule has 146 valence electrons. The Morgan fingerprint density at radius 3 is 2.74 bits per heavy atom. The first-order chi connectivity index (χ1) is 12.7. The first kappa shape index (κ1) is 19.6. The second-order valence-corrected chi connectivity index (χ2v) is 9.15. The van der Waals surface area contributed by atoms with E-state index in [9.17, 15) is 9.59 Å². The van der Waals surface area contributed by atoms with Crippen LogP contribution in [0.25, 0.3) is 0 Å². The number of thiophene rings is 1. The third kappa shape index (κ3) is 3.93. The second-order valence-electron chi connectivity index (χ2n) is 8.04. The van der Waals surface area contributed by atoms with E-state index in [4.69, 9.17) is 4.74 Å². The van der Waals surface area contributed by atoms with Gasteiger partial charge in [-0.25, -0.2) is 4.79 Å². The van der Waals surface area contributed by atoms with Gasteiger partial charge in [-0.15, -0.1) is 11.3 Å². The number of hydrogen-bond donors (Lipinski definition) is 1. The zero-order valence-corrected chi connectivity index (χ0v) is 17.4. The molecular formula is C20H27N3O3S. The Labute approximate surface area is 163 Å². The maximum atomic E-state index is 12.6. The van der Waals surface area contributed by atoms with E-state index in [1.807, 2.05) is 6.92 Å². The van der Waals surface area contributed by atoms with Gasteiger partial charge in [0, 0.05) is 17.6 Å². The first-order valence-electron chi connectivity index (χ1n) is 9.31. The van der Waals surface area contributed by atoms with Crippen LogP contribution in [-0.4, -0.2) is 28.8 Å². The molecule has 0 aromatic carbocycles. The smallest absolute Gasteiger partial charge is 0.341 e. The largest absolute Gasteiger partial charge is 0.465 e. The van der Waals surface area contributed by atoms with Gasteiger partial charge < -0.3 is 10.1 Å². The molecule has 1 atom stereocenters. The number of amides is 1. The molecule has 2 aromatic heterocycles. The Bertz CT molecular complexity index is 860. The van der Waals surface area contributed by atoms with E-state index in [1.165, 1.54) is 23.3 Å². The highest BCUT2D eigenvalue weighted by Crippen LogP contribution is 2.44. The molecular weight excluding hydrogens is 362 g/mol. The molecule has 0 fully saturated rings. The van der Waals surface area contributed by atoms with Crippen molar-refractivity contribution in [1.29, 1.82) is 0 Å². The van der Waals surface area contributed by atoms with Gasteiger partial charge in [0.2, 0.25) is 0 Å². The normalized spacial score (nSPS) is 16.7. The maximum Gasteiger partial charge on any atom is 0.341 e. The first-order valence-corrected chi connectivity index (χ1v) is 10.1. The van der Waals surface area contributed by atoms with Crippen molar-refractivity contribution in [2.45, 2.75) is 53.5 Å². The van der Waals surface area contributed by atoms with E-state index < -0.39 is 0 Å². The van der Waals surface area contributed by atoms with Crippen molar-refractivity contribution in [1.82, 2.24) is 9.78 Å². The summed E-state index contributed by atoms with van der Waals surface area (Å²) in [5.74, 6) is -0.0902. The third-order valence-corrected chi connectivity index (χ3v) is 6.50. The number of hydrogen-bond acceptors (Lipinski definition) is 5. The van der Waals surface area contributed by atoms with Crippen LogP contribution in [0.1, 0.15) is 65.3 Å². The lowest BCUT2D eigenvalue weighted by atomic mass is 9.72. The van der Waals surface area contributed by atoms with Gasteiger partial charge in [0.15, 0.2) is 0 Å². The van der Waals surface area contributed by atoms with Gasteiger partial charge in [-0.1, -0.05) is 20.8 Å². The fourth-order valence-corrected chi connectivity index (χ4v) is 4.87. The summed E-state index contributed by atoms with van der Waals surface area (Å²) < 4.78 is 6.70. The van der Waals surface area contributed by atoms with E-state index in [1.54, 1.807) is 17.1 Å². The minimum atomic E-state index is -0.388. The van der Waals surface area contributed by atoms with Gasteiger partial charge in [0.25, 0.3) is 5.91 Å². The van der Waals surface area contributed by atoms with Crippen LogP contribution in [-0.2, 0) is 24.1 Å². The summed E-state index contributed by atoms with van der Waals surface area (Å²) in [6.45, 7) is 9.42. The number of carbonyl (C=O) groups excluding carboxylic acids is 2. The zero-order valence-electron chi connectivity index (χ0n) is 16.6. The second kappa shape index (κ2) is 7.46. The van der Waals surface area contributed by atoms with Crippen molar-refractivity contribution in [2.75, 3.05) is 12.4 Å². The highest BCUT2D eigenvalue weighted by atomic mass is 32.1. The molecule has 3 rings (SSSR count). The van der Waals surface area contributed by atoms with Gasteiger partial charge in [0.1, 0.15) is 5.00 Å². The number of methoxy groups -OCH3 is 1. The van der Waals surface area contributed by atoms with Crippen LogP contribution in [0.2, 0.25) is 0 Å². The number of esters is 1.